The maximum Gasteiger partial charge on any atom is 0.186 e. The third-order valence-electron chi connectivity index (χ3n) is 2.60. The summed E-state index contributed by atoms with van der Waals surface area (Å²) in [5.74, 6) is 2.41. The second-order valence-electron chi connectivity index (χ2n) is 3.43. The van der Waals surface area contributed by atoms with Crippen LogP contribution in [0.25, 0.3) is 0 Å². The highest BCUT2D eigenvalue weighted by Crippen LogP contribution is 2.08. The number of nitrogens with zero attached hydrogens (tertiary/aromatic N) is 5. The summed E-state index contributed by atoms with van der Waals surface area (Å²) in [6.07, 6.45) is 5.23. The van der Waals surface area contributed by atoms with Crippen molar-refractivity contribution in [3.63, 3.8) is 0 Å². The largest absolute Gasteiger partial charge is 0.275 e. The first kappa shape index (κ1) is 12.0. The molecule has 1 heterocycles. The molecule has 5 heteroatoms. The Labute approximate surface area is 95.1 Å². The van der Waals surface area contributed by atoms with E-state index in [9.17, 15) is 0 Å². The van der Waals surface area contributed by atoms with Crippen LogP contribution in [0.3, 0.4) is 0 Å². The molecular formula is C11H11N5. The standard InChI is InChI=1S/C11H11N5/c1-2-10(7-12)15-3-5-16(6-4-15)11(8-13)9-14/h1,10-11H,3-6H2. The smallest absolute Gasteiger partial charge is 0.186 e. The monoisotopic (exact) mass is 213 g/mol. The van der Waals surface area contributed by atoms with E-state index in [0.29, 0.717) is 26.2 Å². The Morgan fingerprint density at radius 2 is 1.19 bits per heavy atom. The van der Waals surface area contributed by atoms with Crippen molar-refractivity contribution in [3.8, 4) is 30.6 Å². The molecule has 16 heavy (non-hydrogen) atoms. The van der Waals surface area contributed by atoms with Gasteiger partial charge in [-0.05, 0) is 0 Å². The molecule has 0 aromatic heterocycles. The first-order valence-electron chi connectivity index (χ1n) is 4.90. The van der Waals surface area contributed by atoms with Gasteiger partial charge in [-0.25, -0.2) is 0 Å². The van der Waals surface area contributed by atoms with Crippen LogP contribution in [0.15, 0.2) is 0 Å². The molecule has 0 aliphatic carbocycles. The molecule has 1 aliphatic rings. The molecule has 0 bridgehead atoms. The Hall–Kier alpha value is -2.05. The minimum absolute atomic E-state index is 0.509. The summed E-state index contributed by atoms with van der Waals surface area (Å²) in [4.78, 5) is 3.67. The van der Waals surface area contributed by atoms with Crippen LogP contribution in [0.1, 0.15) is 0 Å². The second kappa shape index (κ2) is 5.74. The molecule has 80 valence electrons. The van der Waals surface area contributed by atoms with Crippen molar-refractivity contribution in [2.75, 3.05) is 26.2 Å². The summed E-state index contributed by atoms with van der Waals surface area (Å²) in [5, 5.41) is 26.3. The second-order valence-corrected chi connectivity index (χ2v) is 3.43. The molecule has 0 N–H and O–H groups in total. The lowest BCUT2D eigenvalue weighted by molar-refractivity contribution is 0.125. The number of piperazine rings is 1. The van der Waals surface area contributed by atoms with Crippen molar-refractivity contribution in [2.24, 2.45) is 0 Å². The van der Waals surface area contributed by atoms with Crippen LogP contribution in [0.4, 0.5) is 0 Å². The fraction of sp³-hybridized carbons (Fsp3) is 0.545. The van der Waals surface area contributed by atoms with Crippen molar-refractivity contribution in [3.05, 3.63) is 0 Å². The lowest BCUT2D eigenvalue weighted by atomic mass is 10.2. The van der Waals surface area contributed by atoms with Crippen molar-refractivity contribution in [1.29, 1.82) is 15.8 Å². The van der Waals surface area contributed by atoms with Gasteiger partial charge in [0.1, 0.15) is 0 Å². The van der Waals surface area contributed by atoms with Crippen molar-refractivity contribution in [2.45, 2.75) is 12.1 Å². The van der Waals surface area contributed by atoms with Gasteiger partial charge in [0.2, 0.25) is 0 Å². The highest BCUT2D eigenvalue weighted by molar-refractivity contribution is 5.14. The SMILES string of the molecule is C#CC(C#N)N1CCN(C(C#N)C#N)CC1. The number of terminal acetylenes is 1. The van der Waals surface area contributed by atoms with Gasteiger partial charge in [0.25, 0.3) is 0 Å². The van der Waals surface area contributed by atoms with Crippen molar-refractivity contribution >= 4 is 0 Å². The first-order chi connectivity index (χ1) is 7.76. The van der Waals surface area contributed by atoms with Gasteiger partial charge in [0, 0.05) is 26.2 Å². The molecule has 0 radical (unpaired) electrons. The van der Waals surface area contributed by atoms with E-state index in [-0.39, 0.29) is 0 Å². The summed E-state index contributed by atoms with van der Waals surface area (Å²) >= 11 is 0. The summed E-state index contributed by atoms with van der Waals surface area (Å²) in [7, 11) is 0. The third-order valence-corrected chi connectivity index (χ3v) is 2.60. The van der Waals surface area contributed by atoms with Gasteiger partial charge in [0.15, 0.2) is 12.1 Å². The van der Waals surface area contributed by atoms with Gasteiger partial charge < -0.3 is 0 Å². The molecule has 1 fully saturated rings. The van der Waals surface area contributed by atoms with Crippen LogP contribution in [0.5, 0.6) is 0 Å². The van der Waals surface area contributed by atoms with Crippen LogP contribution >= 0.6 is 0 Å². The average Bonchev–Trinajstić information content (AvgIpc) is 2.34. The molecule has 1 atom stereocenters. The van der Waals surface area contributed by atoms with Gasteiger partial charge in [-0.3, -0.25) is 9.80 Å². The molecule has 0 amide bonds. The van der Waals surface area contributed by atoms with Gasteiger partial charge in [0.05, 0.1) is 18.2 Å². The minimum Gasteiger partial charge on any atom is -0.275 e. The predicted octanol–water partition coefficient (Wildman–Crippen LogP) is -0.455. The molecule has 1 unspecified atom stereocenters. The molecule has 0 aromatic rings. The molecule has 0 saturated carbocycles. The van der Waals surface area contributed by atoms with E-state index >= 15 is 0 Å². The van der Waals surface area contributed by atoms with Crippen LogP contribution in [0, 0.1) is 46.3 Å². The van der Waals surface area contributed by atoms with Crippen molar-refractivity contribution in [1.82, 2.24) is 9.80 Å². The average molecular weight is 213 g/mol. The maximum atomic E-state index is 8.79. The minimum atomic E-state index is -0.700. The van der Waals surface area contributed by atoms with Gasteiger partial charge in [-0.15, -0.1) is 6.42 Å². The Bertz CT molecular complexity index is 326. The molecule has 0 aromatic carbocycles. The highest BCUT2D eigenvalue weighted by Gasteiger charge is 2.26. The van der Waals surface area contributed by atoms with Gasteiger partial charge in [-0.1, -0.05) is 5.92 Å². The Kier molecular flexibility index (Phi) is 4.31. The van der Waals surface area contributed by atoms with Crippen LogP contribution < -0.4 is 0 Å². The lowest BCUT2D eigenvalue weighted by Gasteiger charge is -2.35. The molecule has 1 aliphatic heterocycles. The zero-order chi connectivity index (χ0) is 12.0. The topological polar surface area (TPSA) is 77.8 Å². The quantitative estimate of drug-likeness (QED) is 0.580. The fourth-order valence-corrected chi connectivity index (χ4v) is 1.67. The van der Waals surface area contributed by atoms with E-state index in [1.807, 2.05) is 23.1 Å². The molecule has 0 spiro atoms. The van der Waals surface area contributed by atoms with Gasteiger partial charge in [-0.2, -0.15) is 15.8 Å². The summed E-state index contributed by atoms with van der Waals surface area (Å²) in [5.41, 5.74) is 0. The first-order valence-corrected chi connectivity index (χ1v) is 4.90. The Morgan fingerprint density at radius 3 is 1.50 bits per heavy atom. The van der Waals surface area contributed by atoms with Crippen LogP contribution in [0.2, 0.25) is 0 Å². The summed E-state index contributed by atoms with van der Waals surface area (Å²) < 4.78 is 0. The third kappa shape index (κ3) is 2.50. The van der Waals surface area contributed by atoms with Crippen LogP contribution in [-0.2, 0) is 0 Å². The molecule has 5 nitrogen and oxygen atoms in total. The van der Waals surface area contributed by atoms with Crippen molar-refractivity contribution < 1.29 is 0 Å². The van der Waals surface area contributed by atoms with E-state index < -0.39 is 12.1 Å². The Morgan fingerprint density at radius 1 is 0.812 bits per heavy atom. The molecule has 1 saturated heterocycles. The zero-order valence-corrected chi connectivity index (χ0v) is 8.80. The van der Waals surface area contributed by atoms with Gasteiger partial charge >= 0.3 is 0 Å². The fourth-order valence-electron chi connectivity index (χ4n) is 1.67. The summed E-state index contributed by atoms with van der Waals surface area (Å²) in [6.45, 7) is 2.40. The van der Waals surface area contributed by atoms with E-state index in [1.165, 1.54) is 0 Å². The number of hydrogen-bond acceptors (Lipinski definition) is 5. The highest BCUT2D eigenvalue weighted by atomic mass is 15.3. The normalized spacial score (nSPS) is 19.1. The predicted molar refractivity (Wildman–Crippen MR) is 56.4 cm³/mol. The molecule has 1 rings (SSSR count). The van der Waals surface area contributed by atoms with E-state index in [4.69, 9.17) is 22.2 Å². The molecular weight excluding hydrogens is 202 g/mol. The lowest BCUT2D eigenvalue weighted by Crippen LogP contribution is -2.52. The summed E-state index contributed by atoms with van der Waals surface area (Å²) in [6, 6.07) is 4.69. The Balaban J connectivity index is 2.54. The number of hydrogen-bond donors (Lipinski definition) is 0. The number of rotatable bonds is 2. The van der Waals surface area contributed by atoms with E-state index in [0.717, 1.165) is 0 Å². The maximum absolute atomic E-state index is 8.79. The van der Waals surface area contributed by atoms with Crippen LogP contribution in [-0.4, -0.2) is 48.1 Å². The number of nitriles is 3. The zero-order valence-electron chi connectivity index (χ0n) is 8.80. The van der Waals surface area contributed by atoms with E-state index in [1.54, 1.807) is 4.90 Å². The van der Waals surface area contributed by atoms with E-state index in [2.05, 4.69) is 5.92 Å².